The van der Waals surface area contributed by atoms with Gasteiger partial charge in [0.2, 0.25) is 6.29 Å². The number of aromatic amines is 1. The van der Waals surface area contributed by atoms with E-state index in [4.69, 9.17) is 14.2 Å². The van der Waals surface area contributed by atoms with Gasteiger partial charge in [-0.3, -0.25) is 14.4 Å². The molecular formula is C28H27NO10. The molecule has 1 aliphatic heterocycles. The first kappa shape index (κ1) is 26.6. The molecule has 39 heavy (non-hydrogen) atoms. The van der Waals surface area contributed by atoms with Crippen LogP contribution in [0.5, 0.6) is 17.2 Å². The van der Waals surface area contributed by atoms with Crippen molar-refractivity contribution in [3.63, 3.8) is 0 Å². The highest BCUT2D eigenvalue weighted by Gasteiger charge is 2.44. The van der Waals surface area contributed by atoms with E-state index in [9.17, 15) is 34.8 Å². The predicted molar refractivity (Wildman–Crippen MR) is 134 cm³/mol. The lowest BCUT2D eigenvalue weighted by Gasteiger charge is -2.39. The van der Waals surface area contributed by atoms with Gasteiger partial charge in [0.1, 0.15) is 35.6 Å². The monoisotopic (exact) mass is 537 g/mol. The Labute approximate surface area is 222 Å². The molecule has 1 aliphatic carbocycles. The summed E-state index contributed by atoms with van der Waals surface area (Å²) >= 11 is 0. The number of aromatic nitrogens is 1. The number of aliphatic hydroxyl groups is 3. The molecule has 5 unspecified atom stereocenters. The van der Waals surface area contributed by atoms with Gasteiger partial charge in [-0.05, 0) is 43.7 Å². The number of aromatic hydroxyl groups is 1. The van der Waals surface area contributed by atoms with Crippen LogP contribution in [0.2, 0.25) is 0 Å². The molecule has 1 fully saturated rings. The molecule has 5 N–H and O–H groups in total. The zero-order valence-corrected chi connectivity index (χ0v) is 21.3. The van der Waals surface area contributed by atoms with Crippen molar-refractivity contribution >= 4 is 17.5 Å². The molecule has 0 bridgehead atoms. The van der Waals surface area contributed by atoms with Gasteiger partial charge in [-0.1, -0.05) is 0 Å². The Bertz CT molecular complexity index is 1480. The lowest BCUT2D eigenvalue weighted by molar-refractivity contribution is -0.268. The maximum atomic E-state index is 13.9. The summed E-state index contributed by atoms with van der Waals surface area (Å²) in [4.78, 5) is 41.9. The summed E-state index contributed by atoms with van der Waals surface area (Å²) in [7, 11) is 0. The van der Waals surface area contributed by atoms with Crippen LogP contribution in [0.15, 0.2) is 36.7 Å². The Hall–Kier alpha value is -4.03. The van der Waals surface area contributed by atoms with Crippen LogP contribution < -0.4 is 9.47 Å². The van der Waals surface area contributed by atoms with E-state index in [1.165, 1.54) is 39.0 Å². The highest BCUT2D eigenvalue weighted by Crippen LogP contribution is 2.45. The van der Waals surface area contributed by atoms with E-state index in [-0.39, 0.29) is 51.3 Å². The lowest BCUT2D eigenvalue weighted by Crippen LogP contribution is -2.58. The third-order valence-corrected chi connectivity index (χ3v) is 7.04. The highest BCUT2D eigenvalue weighted by molar-refractivity contribution is 6.30. The Morgan fingerprint density at radius 3 is 2.41 bits per heavy atom. The average molecular weight is 538 g/mol. The Morgan fingerprint density at radius 2 is 1.74 bits per heavy atom. The SMILES string of the molecule is CC(=O)Oc1ccc2c(c1)C(=O)c1c(Cc3cc[nH]c3)c(OC3OC(C)C(O)C(O)C3O)c(C)c(O)c1C2=O. The first-order valence-corrected chi connectivity index (χ1v) is 12.3. The number of phenols is 1. The van der Waals surface area contributed by atoms with E-state index in [1.54, 1.807) is 18.5 Å². The summed E-state index contributed by atoms with van der Waals surface area (Å²) in [6.07, 6.45) is -3.50. The average Bonchev–Trinajstić information content (AvgIpc) is 3.41. The van der Waals surface area contributed by atoms with Crippen LogP contribution in [0, 0.1) is 6.92 Å². The van der Waals surface area contributed by atoms with E-state index < -0.39 is 54.0 Å². The second kappa shape index (κ2) is 9.93. The minimum Gasteiger partial charge on any atom is -0.507 e. The van der Waals surface area contributed by atoms with Crippen molar-refractivity contribution < 1.29 is 49.0 Å². The third kappa shape index (κ3) is 4.49. The smallest absolute Gasteiger partial charge is 0.308 e. The quantitative estimate of drug-likeness (QED) is 0.185. The highest BCUT2D eigenvalue weighted by atomic mass is 16.7. The van der Waals surface area contributed by atoms with E-state index in [0.29, 0.717) is 0 Å². The lowest BCUT2D eigenvalue weighted by atomic mass is 9.78. The number of ketones is 2. The number of nitrogens with one attached hydrogen (secondary N) is 1. The number of esters is 1. The molecule has 5 atom stereocenters. The largest absolute Gasteiger partial charge is 0.507 e. The molecule has 1 aromatic heterocycles. The standard InChI is InChI=1S/C28H27NO10/c1-11-21(31)20-19(24(34)17-9-15(38-13(3)30)4-5-16(17)23(20)33)18(8-14-6-7-29-10-14)27(11)39-28-26(36)25(35)22(32)12(2)37-28/h4-7,9-10,12,22,25-26,28-29,31-32,35-36H,8H2,1-3H3. The van der Waals surface area contributed by atoms with Gasteiger partial charge in [-0.15, -0.1) is 0 Å². The fourth-order valence-corrected chi connectivity index (χ4v) is 5.01. The first-order chi connectivity index (χ1) is 18.5. The van der Waals surface area contributed by atoms with E-state index in [1.807, 2.05) is 0 Å². The molecule has 2 aliphatic rings. The summed E-state index contributed by atoms with van der Waals surface area (Å²) in [6, 6.07) is 5.81. The number of carbonyl (C=O) groups is 3. The normalized spacial score (nSPS) is 24.2. The Kier molecular flexibility index (Phi) is 6.77. The number of ether oxygens (including phenoxy) is 3. The van der Waals surface area contributed by atoms with Crippen molar-refractivity contribution in [2.45, 2.75) is 57.9 Å². The maximum absolute atomic E-state index is 13.9. The van der Waals surface area contributed by atoms with Crippen molar-refractivity contribution in [3.8, 4) is 17.2 Å². The molecule has 0 spiro atoms. The van der Waals surface area contributed by atoms with E-state index in [2.05, 4.69) is 4.98 Å². The predicted octanol–water partition coefficient (Wildman–Crippen LogP) is 1.53. The van der Waals surface area contributed by atoms with E-state index in [0.717, 1.165) is 5.56 Å². The van der Waals surface area contributed by atoms with Gasteiger partial charge in [0.25, 0.3) is 0 Å². The van der Waals surface area contributed by atoms with Crippen molar-refractivity contribution in [2.24, 2.45) is 0 Å². The molecule has 11 heteroatoms. The van der Waals surface area contributed by atoms with Crippen LogP contribution in [0.3, 0.4) is 0 Å². The zero-order chi connectivity index (χ0) is 28.2. The molecule has 5 rings (SSSR count). The van der Waals surface area contributed by atoms with Crippen molar-refractivity contribution in [3.05, 3.63) is 75.6 Å². The van der Waals surface area contributed by atoms with Crippen LogP contribution >= 0.6 is 0 Å². The molecule has 0 radical (unpaired) electrons. The number of benzene rings is 2. The van der Waals surface area contributed by atoms with Gasteiger partial charge < -0.3 is 39.6 Å². The molecular weight excluding hydrogens is 510 g/mol. The van der Waals surface area contributed by atoms with Crippen LogP contribution in [0.25, 0.3) is 0 Å². The van der Waals surface area contributed by atoms with Gasteiger partial charge in [0.05, 0.1) is 11.7 Å². The van der Waals surface area contributed by atoms with Gasteiger partial charge in [-0.25, -0.2) is 0 Å². The second-order valence-electron chi connectivity index (χ2n) is 9.69. The fraction of sp³-hybridized carbons (Fsp3) is 0.321. The molecule has 2 aromatic carbocycles. The Balaban J connectivity index is 1.69. The first-order valence-electron chi connectivity index (χ1n) is 12.3. The fourth-order valence-electron chi connectivity index (χ4n) is 5.01. The maximum Gasteiger partial charge on any atom is 0.308 e. The minimum absolute atomic E-state index is 0.0168. The third-order valence-electron chi connectivity index (χ3n) is 7.04. The number of hydrogen-bond donors (Lipinski definition) is 5. The number of aliphatic hydroxyl groups excluding tert-OH is 3. The van der Waals surface area contributed by atoms with Gasteiger partial charge in [0, 0.05) is 53.6 Å². The van der Waals surface area contributed by atoms with Gasteiger partial charge in [0.15, 0.2) is 11.6 Å². The molecule has 11 nitrogen and oxygen atoms in total. The molecule has 3 aromatic rings. The number of H-pyrrole nitrogens is 1. The van der Waals surface area contributed by atoms with Gasteiger partial charge in [-0.2, -0.15) is 0 Å². The minimum atomic E-state index is -1.65. The Morgan fingerprint density at radius 1 is 1.03 bits per heavy atom. The molecule has 1 saturated heterocycles. The van der Waals surface area contributed by atoms with Crippen molar-refractivity contribution in [2.75, 3.05) is 0 Å². The number of carbonyl (C=O) groups excluding carboxylic acids is 3. The number of fused-ring (bicyclic) bond motifs is 2. The molecule has 204 valence electrons. The summed E-state index contributed by atoms with van der Waals surface area (Å²) < 4.78 is 16.7. The molecule has 0 saturated carbocycles. The van der Waals surface area contributed by atoms with Crippen LogP contribution in [0.1, 0.15) is 62.4 Å². The van der Waals surface area contributed by atoms with Gasteiger partial charge >= 0.3 is 5.97 Å². The number of phenolic OH excluding ortho intramolecular Hbond substituents is 1. The summed E-state index contributed by atoms with van der Waals surface area (Å²) in [5.74, 6) is -2.23. The molecule has 2 heterocycles. The number of rotatable bonds is 5. The van der Waals surface area contributed by atoms with Crippen LogP contribution in [0.4, 0.5) is 0 Å². The summed E-state index contributed by atoms with van der Waals surface area (Å²) in [5.41, 5.74) is 0.798. The number of hydrogen-bond acceptors (Lipinski definition) is 10. The van der Waals surface area contributed by atoms with Crippen LogP contribution in [-0.4, -0.2) is 73.7 Å². The topological polar surface area (TPSA) is 176 Å². The van der Waals surface area contributed by atoms with Crippen LogP contribution in [-0.2, 0) is 16.0 Å². The molecule has 0 amide bonds. The van der Waals surface area contributed by atoms with Crippen molar-refractivity contribution in [1.29, 1.82) is 0 Å². The summed E-state index contributed by atoms with van der Waals surface area (Å²) in [5, 5.41) is 42.1. The second-order valence-corrected chi connectivity index (χ2v) is 9.69. The zero-order valence-electron chi connectivity index (χ0n) is 21.3. The summed E-state index contributed by atoms with van der Waals surface area (Å²) in [6.45, 7) is 4.19. The van der Waals surface area contributed by atoms with E-state index >= 15 is 0 Å². The van der Waals surface area contributed by atoms with Crippen molar-refractivity contribution in [1.82, 2.24) is 4.98 Å².